The van der Waals surface area contributed by atoms with Gasteiger partial charge >= 0.3 is 0 Å². The monoisotopic (exact) mass is 371 g/mol. The van der Waals surface area contributed by atoms with Crippen LogP contribution >= 0.6 is 0 Å². The highest BCUT2D eigenvalue weighted by Crippen LogP contribution is 2.16. The highest BCUT2D eigenvalue weighted by atomic mass is 16.5. The maximum Gasteiger partial charge on any atom is 0.194 e. The van der Waals surface area contributed by atoms with E-state index in [0.717, 1.165) is 62.4 Å². The smallest absolute Gasteiger partial charge is 0.194 e. The van der Waals surface area contributed by atoms with Crippen LogP contribution in [0, 0.1) is 13.8 Å². The molecular weight excluding hydrogens is 342 g/mol. The van der Waals surface area contributed by atoms with E-state index < -0.39 is 0 Å². The van der Waals surface area contributed by atoms with Gasteiger partial charge in [0, 0.05) is 52.4 Å². The van der Waals surface area contributed by atoms with Crippen molar-refractivity contribution in [2.24, 2.45) is 4.99 Å². The van der Waals surface area contributed by atoms with Gasteiger partial charge in [-0.2, -0.15) is 0 Å². The van der Waals surface area contributed by atoms with E-state index in [1.54, 1.807) is 7.11 Å². The van der Waals surface area contributed by atoms with E-state index in [2.05, 4.69) is 44.3 Å². The maximum absolute atomic E-state index is 5.36. The minimum Gasteiger partial charge on any atom is -0.497 e. The summed E-state index contributed by atoms with van der Waals surface area (Å²) >= 11 is 0. The van der Waals surface area contributed by atoms with E-state index in [0.29, 0.717) is 0 Å². The molecule has 1 N–H and O–H groups in total. The Labute approximate surface area is 161 Å². The van der Waals surface area contributed by atoms with Crippen LogP contribution in [0.4, 0.5) is 0 Å². The average molecular weight is 371 g/mol. The van der Waals surface area contributed by atoms with Gasteiger partial charge in [0.25, 0.3) is 0 Å². The summed E-state index contributed by atoms with van der Waals surface area (Å²) in [6.07, 6.45) is 0. The highest BCUT2D eigenvalue weighted by molar-refractivity contribution is 5.80. The number of aromatic nitrogens is 1. The van der Waals surface area contributed by atoms with Crippen molar-refractivity contribution in [3.05, 3.63) is 46.8 Å². The van der Waals surface area contributed by atoms with Gasteiger partial charge in [0.1, 0.15) is 11.5 Å². The third kappa shape index (κ3) is 5.23. The molecule has 1 aliphatic rings. The number of aryl methyl sites for hydroxylation is 2. The molecule has 7 nitrogen and oxygen atoms in total. The predicted octanol–water partition coefficient (Wildman–Crippen LogP) is 2.19. The third-order valence-corrected chi connectivity index (χ3v) is 4.74. The van der Waals surface area contributed by atoms with E-state index in [-0.39, 0.29) is 0 Å². The zero-order valence-electron chi connectivity index (χ0n) is 16.7. The van der Waals surface area contributed by atoms with Crippen LogP contribution in [0.25, 0.3) is 0 Å². The molecule has 2 aromatic rings. The van der Waals surface area contributed by atoms with Gasteiger partial charge in [-0.15, -0.1) is 0 Å². The first kappa shape index (κ1) is 19.2. The molecule has 7 heteroatoms. The molecule has 1 aliphatic heterocycles. The van der Waals surface area contributed by atoms with E-state index in [1.165, 1.54) is 11.1 Å². The van der Waals surface area contributed by atoms with Crippen molar-refractivity contribution in [3.8, 4) is 5.75 Å². The van der Waals surface area contributed by atoms with Gasteiger partial charge < -0.3 is 19.5 Å². The number of aliphatic imine (C=N–C) groups is 1. The van der Waals surface area contributed by atoms with Crippen molar-refractivity contribution >= 4 is 5.96 Å². The molecule has 0 saturated carbocycles. The first-order chi connectivity index (χ1) is 13.1. The lowest BCUT2D eigenvalue weighted by Gasteiger charge is -2.36. The summed E-state index contributed by atoms with van der Waals surface area (Å²) in [6.45, 7) is 9.39. The first-order valence-corrected chi connectivity index (χ1v) is 9.32. The number of nitrogens with one attached hydrogen (secondary N) is 1. The van der Waals surface area contributed by atoms with E-state index in [4.69, 9.17) is 9.26 Å². The summed E-state index contributed by atoms with van der Waals surface area (Å²) < 4.78 is 10.5. The molecule has 3 rings (SSSR count). The Bertz CT molecular complexity index is 778. The summed E-state index contributed by atoms with van der Waals surface area (Å²) in [6, 6.07) is 8.27. The Morgan fingerprint density at radius 3 is 2.59 bits per heavy atom. The van der Waals surface area contributed by atoms with Crippen LogP contribution in [0.5, 0.6) is 5.75 Å². The second kappa shape index (κ2) is 8.90. The van der Waals surface area contributed by atoms with Crippen molar-refractivity contribution in [3.63, 3.8) is 0 Å². The molecule has 0 aliphatic carbocycles. The summed E-state index contributed by atoms with van der Waals surface area (Å²) in [5.74, 6) is 2.69. The first-order valence-electron chi connectivity index (χ1n) is 9.32. The van der Waals surface area contributed by atoms with Crippen molar-refractivity contribution in [1.82, 2.24) is 20.3 Å². The lowest BCUT2D eigenvalue weighted by molar-refractivity contribution is 0.169. The molecule has 0 atom stereocenters. The van der Waals surface area contributed by atoms with Crippen LogP contribution in [0.1, 0.15) is 22.6 Å². The minimum atomic E-state index is 0.725. The molecule has 1 fully saturated rings. The van der Waals surface area contributed by atoms with Crippen molar-refractivity contribution in [2.45, 2.75) is 26.9 Å². The van der Waals surface area contributed by atoms with Crippen LogP contribution in [-0.4, -0.2) is 61.3 Å². The number of guanidine groups is 1. The number of benzene rings is 1. The number of methoxy groups -OCH3 is 1. The van der Waals surface area contributed by atoms with Gasteiger partial charge in [0.05, 0.1) is 12.8 Å². The van der Waals surface area contributed by atoms with Crippen molar-refractivity contribution in [1.29, 1.82) is 0 Å². The second-order valence-corrected chi connectivity index (χ2v) is 6.95. The maximum atomic E-state index is 5.36. The van der Waals surface area contributed by atoms with E-state index >= 15 is 0 Å². The Morgan fingerprint density at radius 2 is 1.96 bits per heavy atom. The van der Waals surface area contributed by atoms with Gasteiger partial charge in [-0.05, 0) is 37.1 Å². The quantitative estimate of drug-likeness (QED) is 0.642. The summed E-state index contributed by atoms with van der Waals surface area (Å²) in [5, 5.41) is 7.56. The fraction of sp³-hybridized carbons (Fsp3) is 0.500. The molecule has 146 valence electrons. The SMILES string of the molecule is CN=C(NCc1cc(C)cc(OC)c1)N1CCN(Cc2cc(C)on2)CC1. The summed E-state index contributed by atoms with van der Waals surface area (Å²) in [5.41, 5.74) is 3.38. The van der Waals surface area contributed by atoms with Crippen LogP contribution in [0.3, 0.4) is 0 Å². The topological polar surface area (TPSA) is 66.1 Å². The van der Waals surface area contributed by atoms with Crippen molar-refractivity contribution in [2.75, 3.05) is 40.3 Å². The molecule has 0 amide bonds. The van der Waals surface area contributed by atoms with Crippen LogP contribution in [-0.2, 0) is 13.1 Å². The molecule has 0 unspecified atom stereocenters. The highest BCUT2D eigenvalue weighted by Gasteiger charge is 2.20. The van der Waals surface area contributed by atoms with Gasteiger partial charge in [-0.1, -0.05) is 11.2 Å². The fourth-order valence-corrected chi connectivity index (χ4v) is 3.40. The Balaban J connectivity index is 1.51. The van der Waals surface area contributed by atoms with Gasteiger partial charge in [-0.25, -0.2) is 0 Å². The molecule has 27 heavy (non-hydrogen) atoms. The fourth-order valence-electron chi connectivity index (χ4n) is 3.40. The normalized spacial score (nSPS) is 15.9. The molecule has 1 aromatic heterocycles. The minimum absolute atomic E-state index is 0.725. The van der Waals surface area contributed by atoms with Gasteiger partial charge in [0.15, 0.2) is 5.96 Å². The molecule has 1 saturated heterocycles. The Kier molecular flexibility index (Phi) is 6.34. The van der Waals surface area contributed by atoms with Gasteiger partial charge in [-0.3, -0.25) is 9.89 Å². The number of ether oxygens (including phenoxy) is 1. The number of piperazine rings is 1. The zero-order chi connectivity index (χ0) is 19.2. The largest absolute Gasteiger partial charge is 0.497 e. The second-order valence-electron chi connectivity index (χ2n) is 6.95. The Morgan fingerprint density at radius 1 is 1.19 bits per heavy atom. The van der Waals surface area contributed by atoms with E-state index in [1.807, 2.05) is 26.1 Å². The molecular formula is C20H29N5O2. The predicted molar refractivity (Wildman–Crippen MR) is 106 cm³/mol. The van der Waals surface area contributed by atoms with Gasteiger partial charge in [0.2, 0.25) is 0 Å². The van der Waals surface area contributed by atoms with E-state index in [9.17, 15) is 0 Å². The Hall–Kier alpha value is -2.54. The molecule has 0 spiro atoms. The molecule has 1 aromatic carbocycles. The average Bonchev–Trinajstić information content (AvgIpc) is 3.07. The number of rotatable bonds is 5. The third-order valence-electron chi connectivity index (χ3n) is 4.74. The van der Waals surface area contributed by atoms with Crippen LogP contribution in [0.15, 0.2) is 33.8 Å². The zero-order valence-corrected chi connectivity index (χ0v) is 16.7. The molecule has 0 bridgehead atoms. The van der Waals surface area contributed by atoms with Crippen LogP contribution < -0.4 is 10.1 Å². The lowest BCUT2D eigenvalue weighted by atomic mass is 10.1. The number of nitrogens with zero attached hydrogens (tertiary/aromatic N) is 4. The van der Waals surface area contributed by atoms with Crippen molar-refractivity contribution < 1.29 is 9.26 Å². The lowest BCUT2D eigenvalue weighted by Crippen LogP contribution is -2.52. The standard InChI is InChI=1S/C20H29N5O2/c1-15-9-17(12-19(10-15)26-4)13-22-20(21-3)25-7-5-24(6-8-25)14-18-11-16(2)27-23-18/h9-12H,5-8,13-14H2,1-4H3,(H,21,22). The summed E-state index contributed by atoms with van der Waals surface area (Å²) in [7, 11) is 3.54. The number of hydrogen-bond acceptors (Lipinski definition) is 5. The molecule has 2 heterocycles. The van der Waals surface area contributed by atoms with Crippen LogP contribution in [0.2, 0.25) is 0 Å². The molecule has 0 radical (unpaired) electrons. The summed E-state index contributed by atoms with van der Waals surface area (Å²) in [4.78, 5) is 9.16. The number of hydrogen-bond donors (Lipinski definition) is 1.